The molecule has 0 N–H and O–H groups in total. The lowest BCUT2D eigenvalue weighted by Gasteiger charge is -2.21. The highest BCUT2D eigenvalue weighted by Gasteiger charge is 2.20. The lowest BCUT2D eigenvalue weighted by Crippen LogP contribution is -2.11. The summed E-state index contributed by atoms with van der Waals surface area (Å²) < 4.78 is 0. The van der Waals surface area contributed by atoms with Gasteiger partial charge in [-0.25, -0.2) is 9.97 Å². The van der Waals surface area contributed by atoms with Gasteiger partial charge in [0.15, 0.2) is 0 Å². The third-order valence-corrected chi connectivity index (χ3v) is 3.82. The molecule has 1 saturated carbocycles. The van der Waals surface area contributed by atoms with Crippen LogP contribution in [0.2, 0.25) is 5.15 Å². The predicted molar refractivity (Wildman–Crippen MR) is 67.0 cm³/mol. The zero-order valence-corrected chi connectivity index (χ0v) is 10.8. The van der Waals surface area contributed by atoms with Crippen LogP contribution in [0.4, 0.5) is 0 Å². The Kier molecular flexibility index (Phi) is 3.80. The fraction of sp³-hybridized carbons (Fsp3) is 0.692. The van der Waals surface area contributed by atoms with Gasteiger partial charge in [-0.2, -0.15) is 0 Å². The topological polar surface area (TPSA) is 25.8 Å². The first-order chi connectivity index (χ1) is 7.72. The Morgan fingerprint density at radius 1 is 1.19 bits per heavy atom. The number of rotatable bonds is 2. The molecule has 2 rings (SSSR count). The van der Waals surface area contributed by atoms with Crippen molar-refractivity contribution in [3.8, 4) is 0 Å². The van der Waals surface area contributed by atoms with Crippen LogP contribution in [0.1, 0.15) is 62.0 Å². The van der Waals surface area contributed by atoms with Gasteiger partial charge in [0.1, 0.15) is 11.0 Å². The fourth-order valence-corrected chi connectivity index (χ4v) is 2.88. The Bertz CT molecular complexity index is 347. The van der Waals surface area contributed by atoms with E-state index in [1.807, 2.05) is 6.92 Å². The van der Waals surface area contributed by atoms with E-state index < -0.39 is 0 Å². The smallest absolute Gasteiger partial charge is 0.136 e. The van der Waals surface area contributed by atoms with E-state index in [0.29, 0.717) is 11.1 Å². The zero-order chi connectivity index (χ0) is 11.5. The van der Waals surface area contributed by atoms with Crippen molar-refractivity contribution in [3.05, 3.63) is 22.2 Å². The molecule has 0 radical (unpaired) electrons. The Labute approximate surface area is 102 Å². The number of nitrogens with zero attached hydrogens (tertiary/aromatic N) is 2. The van der Waals surface area contributed by atoms with Crippen molar-refractivity contribution in [3.63, 3.8) is 0 Å². The summed E-state index contributed by atoms with van der Waals surface area (Å²) in [4.78, 5) is 9.12. The minimum Gasteiger partial charge on any atom is -0.238 e. The highest BCUT2D eigenvalue weighted by Crippen LogP contribution is 2.32. The van der Waals surface area contributed by atoms with E-state index in [2.05, 4.69) is 16.9 Å². The molecule has 1 fully saturated rings. The number of aromatic nitrogens is 2. The molecule has 0 unspecified atom stereocenters. The first-order valence-electron chi connectivity index (χ1n) is 6.25. The van der Waals surface area contributed by atoms with Gasteiger partial charge in [0, 0.05) is 17.2 Å². The van der Waals surface area contributed by atoms with Crippen molar-refractivity contribution >= 4 is 11.6 Å². The van der Waals surface area contributed by atoms with Gasteiger partial charge in [0.25, 0.3) is 0 Å². The molecule has 0 saturated heterocycles. The molecule has 0 amide bonds. The minimum absolute atomic E-state index is 0.538. The van der Waals surface area contributed by atoms with Gasteiger partial charge in [0.2, 0.25) is 0 Å². The van der Waals surface area contributed by atoms with Crippen LogP contribution >= 0.6 is 11.6 Å². The summed E-state index contributed by atoms with van der Waals surface area (Å²) >= 11 is 6.20. The number of hydrogen-bond donors (Lipinski definition) is 0. The fourth-order valence-electron chi connectivity index (χ4n) is 2.53. The molecule has 16 heavy (non-hydrogen) atoms. The maximum absolute atomic E-state index is 6.20. The molecule has 0 aromatic carbocycles. The van der Waals surface area contributed by atoms with E-state index in [-0.39, 0.29) is 0 Å². The molecule has 0 atom stereocenters. The summed E-state index contributed by atoms with van der Waals surface area (Å²) in [6, 6.07) is 0. The quantitative estimate of drug-likeness (QED) is 0.727. The molecule has 1 aromatic heterocycles. The van der Waals surface area contributed by atoms with Crippen molar-refractivity contribution in [1.29, 1.82) is 0 Å². The Hall–Kier alpha value is -0.630. The van der Waals surface area contributed by atoms with Gasteiger partial charge < -0.3 is 0 Å². The molecule has 88 valence electrons. The van der Waals surface area contributed by atoms with Gasteiger partial charge in [-0.05, 0) is 26.2 Å². The molecule has 0 aliphatic heterocycles. The SMILES string of the molecule is CCc1c(C)nc(C2CCCCC2)nc1Cl. The van der Waals surface area contributed by atoms with Crippen LogP contribution in [0.5, 0.6) is 0 Å². The van der Waals surface area contributed by atoms with Gasteiger partial charge in [-0.1, -0.05) is 37.8 Å². The maximum Gasteiger partial charge on any atom is 0.136 e. The van der Waals surface area contributed by atoms with Crippen molar-refractivity contribution in [1.82, 2.24) is 9.97 Å². The predicted octanol–water partition coefficient (Wildman–Crippen LogP) is 4.05. The van der Waals surface area contributed by atoms with Crippen LogP contribution in [-0.2, 0) is 6.42 Å². The van der Waals surface area contributed by atoms with Crippen LogP contribution in [-0.4, -0.2) is 9.97 Å². The third-order valence-electron chi connectivity index (χ3n) is 3.50. The van der Waals surface area contributed by atoms with Gasteiger partial charge in [-0.3, -0.25) is 0 Å². The summed E-state index contributed by atoms with van der Waals surface area (Å²) in [5.41, 5.74) is 2.16. The molecule has 3 heteroatoms. The molecule has 0 spiro atoms. The Morgan fingerprint density at radius 3 is 2.44 bits per heavy atom. The molecule has 0 bridgehead atoms. The van der Waals surface area contributed by atoms with Crippen molar-refractivity contribution in [2.45, 2.75) is 58.3 Å². The average molecular weight is 239 g/mol. The van der Waals surface area contributed by atoms with E-state index in [1.165, 1.54) is 32.1 Å². The summed E-state index contributed by atoms with van der Waals surface area (Å²) in [7, 11) is 0. The lowest BCUT2D eigenvalue weighted by molar-refractivity contribution is 0.427. The zero-order valence-electron chi connectivity index (χ0n) is 10.1. The molecule has 1 aromatic rings. The van der Waals surface area contributed by atoms with Crippen molar-refractivity contribution in [2.24, 2.45) is 0 Å². The molecule has 2 nitrogen and oxygen atoms in total. The highest BCUT2D eigenvalue weighted by atomic mass is 35.5. The molecular weight excluding hydrogens is 220 g/mol. The normalized spacial score (nSPS) is 17.7. The van der Waals surface area contributed by atoms with Crippen molar-refractivity contribution < 1.29 is 0 Å². The average Bonchev–Trinajstić information content (AvgIpc) is 2.30. The van der Waals surface area contributed by atoms with Gasteiger partial charge in [-0.15, -0.1) is 0 Å². The first kappa shape index (κ1) is 11.8. The summed E-state index contributed by atoms with van der Waals surface area (Å²) in [5.74, 6) is 1.51. The van der Waals surface area contributed by atoms with Crippen LogP contribution in [0.25, 0.3) is 0 Å². The van der Waals surface area contributed by atoms with Gasteiger partial charge >= 0.3 is 0 Å². The van der Waals surface area contributed by atoms with E-state index in [4.69, 9.17) is 11.6 Å². The number of hydrogen-bond acceptors (Lipinski definition) is 2. The highest BCUT2D eigenvalue weighted by molar-refractivity contribution is 6.30. The van der Waals surface area contributed by atoms with Gasteiger partial charge in [0.05, 0.1) is 0 Å². The number of aryl methyl sites for hydroxylation is 1. The van der Waals surface area contributed by atoms with Crippen LogP contribution in [0.15, 0.2) is 0 Å². The van der Waals surface area contributed by atoms with E-state index in [0.717, 1.165) is 23.5 Å². The minimum atomic E-state index is 0.538. The van der Waals surface area contributed by atoms with E-state index >= 15 is 0 Å². The summed E-state index contributed by atoms with van der Waals surface area (Å²) in [6.07, 6.45) is 7.33. The van der Waals surface area contributed by atoms with E-state index in [9.17, 15) is 0 Å². The molecule has 1 aliphatic carbocycles. The first-order valence-corrected chi connectivity index (χ1v) is 6.63. The van der Waals surface area contributed by atoms with Crippen LogP contribution in [0, 0.1) is 6.92 Å². The summed E-state index contributed by atoms with van der Waals surface area (Å²) in [5, 5.41) is 0.663. The van der Waals surface area contributed by atoms with Crippen molar-refractivity contribution in [2.75, 3.05) is 0 Å². The summed E-state index contributed by atoms with van der Waals surface area (Å²) in [6.45, 7) is 4.14. The second-order valence-electron chi connectivity index (χ2n) is 4.63. The lowest BCUT2D eigenvalue weighted by atomic mass is 9.88. The van der Waals surface area contributed by atoms with Crippen LogP contribution < -0.4 is 0 Å². The maximum atomic E-state index is 6.20. The third kappa shape index (κ3) is 2.37. The Morgan fingerprint density at radius 2 is 1.88 bits per heavy atom. The molecular formula is C13H19ClN2. The number of halogens is 1. The monoisotopic (exact) mass is 238 g/mol. The van der Waals surface area contributed by atoms with Crippen LogP contribution in [0.3, 0.4) is 0 Å². The molecule has 1 aliphatic rings. The molecule has 1 heterocycles. The standard InChI is InChI=1S/C13H19ClN2/c1-3-11-9(2)15-13(16-12(11)14)10-7-5-4-6-8-10/h10H,3-8H2,1-2H3. The Balaban J connectivity index is 2.28. The van der Waals surface area contributed by atoms with E-state index in [1.54, 1.807) is 0 Å². The largest absolute Gasteiger partial charge is 0.238 e. The second kappa shape index (κ2) is 5.13. The second-order valence-corrected chi connectivity index (χ2v) is 4.98.